The van der Waals surface area contributed by atoms with Crippen LogP contribution in [0.3, 0.4) is 0 Å². The van der Waals surface area contributed by atoms with E-state index in [0.29, 0.717) is 24.4 Å². The van der Waals surface area contributed by atoms with Gasteiger partial charge in [-0.3, -0.25) is 4.79 Å². The fraction of sp³-hybridized carbons (Fsp3) is 0.550. The van der Waals surface area contributed by atoms with E-state index in [9.17, 15) is 9.59 Å². The first-order chi connectivity index (χ1) is 13.6. The second-order valence-corrected chi connectivity index (χ2v) is 7.67. The second kappa shape index (κ2) is 7.69. The SMILES string of the molecule is COc1ccc(NC(=O)C2=NO[C@]3(CCCN(C(=O)N4CCCC4)C3)C2)cc1. The largest absolute Gasteiger partial charge is 0.497 e. The highest BCUT2D eigenvalue weighted by Crippen LogP contribution is 2.34. The van der Waals surface area contributed by atoms with E-state index in [1.165, 1.54) is 0 Å². The molecular formula is C20H26N4O4. The molecule has 0 unspecified atom stereocenters. The molecule has 0 bridgehead atoms. The molecule has 0 saturated carbocycles. The zero-order valence-electron chi connectivity index (χ0n) is 16.1. The maximum absolute atomic E-state index is 12.7. The van der Waals surface area contributed by atoms with E-state index in [1.54, 1.807) is 31.4 Å². The molecule has 0 aliphatic carbocycles. The predicted octanol–water partition coefficient (Wildman–Crippen LogP) is 2.46. The van der Waals surface area contributed by atoms with E-state index < -0.39 is 5.60 Å². The van der Waals surface area contributed by atoms with Crippen LogP contribution in [-0.2, 0) is 9.63 Å². The summed E-state index contributed by atoms with van der Waals surface area (Å²) in [5.41, 5.74) is 0.454. The van der Waals surface area contributed by atoms with Gasteiger partial charge in [0.15, 0.2) is 5.60 Å². The quantitative estimate of drug-likeness (QED) is 0.865. The minimum absolute atomic E-state index is 0.0799. The Labute approximate surface area is 164 Å². The monoisotopic (exact) mass is 386 g/mol. The number of amides is 3. The number of ether oxygens (including phenoxy) is 1. The van der Waals surface area contributed by atoms with Gasteiger partial charge in [-0.05, 0) is 49.9 Å². The van der Waals surface area contributed by atoms with Gasteiger partial charge in [0.1, 0.15) is 11.5 Å². The third kappa shape index (κ3) is 3.76. The standard InChI is InChI=1S/C20H26N4O4/c1-27-16-7-5-15(6-8-16)21-18(25)17-13-20(28-22-17)9-4-12-24(14-20)19(26)23-10-2-3-11-23/h5-8H,2-4,9-14H2,1H3,(H,21,25)/t20-/m1/s1. The van der Waals surface area contributed by atoms with Crippen molar-refractivity contribution in [2.24, 2.45) is 5.16 Å². The van der Waals surface area contributed by atoms with E-state index in [0.717, 1.165) is 51.1 Å². The van der Waals surface area contributed by atoms with Crippen LogP contribution in [0.2, 0.25) is 0 Å². The smallest absolute Gasteiger partial charge is 0.320 e. The summed E-state index contributed by atoms with van der Waals surface area (Å²) in [6.45, 7) is 2.86. The number of hydrogen-bond donors (Lipinski definition) is 1. The number of rotatable bonds is 3. The molecule has 0 radical (unpaired) electrons. The molecule has 1 atom stereocenters. The molecule has 4 rings (SSSR count). The molecular weight excluding hydrogens is 360 g/mol. The van der Waals surface area contributed by atoms with E-state index >= 15 is 0 Å². The Morgan fingerprint density at radius 3 is 2.54 bits per heavy atom. The lowest BCUT2D eigenvalue weighted by Gasteiger charge is -2.39. The highest BCUT2D eigenvalue weighted by molar-refractivity contribution is 6.43. The molecule has 1 aromatic carbocycles. The molecule has 0 aromatic heterocycles. The molecule has 3 aliphatic rings. The lowest BCUT2D eigenvalue weighted by atomic mass is 9.88. The summed E-state index contributed by atoms with van der Waals surface area (Å²) >= 11 is 0. The normalized spacial score (nSPS) is 24.1. The first kappa shape index (κ1) is 18.6. The molecule has 1 spiro atoms. The fourth-order valence-electron chi connectivity index (χ4n) is 4.11. The van der Waals surface area contributed by atoms with E-state index in [-0.39, 0.29) is 11.9 Å². The third-order valence-corrected chi connectivity index (χ3v) is 5.64. The van der Waals surface area contributed by atoms with Crippen LogP contribution in [0.4, 0.5) is 10.5 Å². The van der Waals surface area contributed by atoms with Crippen LogP contribution in [0.25, 0.3) is 0 Å². The van der Waals surface area contributed by atoms with Gasteiger partial charge < -0.3 is 24.7 Å². The van der Waals surface area contributed by atoms with Crippen molar-refractivity contribution in [2.45, 2.75) is 37.7 Å². The first-order valence-electron chi connectivity index (χ1n) is 9.83. The Morgan fingerprint density at radius 2 is 1.82 bits per heavy atom. The van der Waals surface area contributed by atoms with E-state index in [2.05, 4.69) is 10.5 Å². The average molecular weight is 386 g/mol. The zero-order chi connectivity index (χ0) is 19.6. The molecule has 150 valence electrons. The Hall–Kier alpha value is -2.77. The first-order valence-corrected chi connectivity index (χ1v) is 9.83. The van der Waals surface area contributed by atoms with Crippen LogP contribution in [0.5, 0.6) is 5.75 Å². The van der Waals surface area contributed by atoms with Crippen LogP contribution in [0.1, 0.15) is 32.1 Å². The van der Waals surface area contributed by atoms with Gasteiger partial charge >= 0.3 is 6.03 Å². The molecule has 1 aromatic rings. The lowest BCUT2D eigenvalue weighted by Crippen LogP contribution is -2.53. The molecule has 8 nitrogen and oxygen atoms in total. The number of urea groups is 1. The van der Waals surface area contributed by atoms with Crippen LogP contribution < -0.4 is 10.1 Å². The number of anilines is 1. The van der Waals surface area contributed by atoms with Gasteiger partial charge in [0.25, 0.3) is 5.91 Å². The van der Waals surface area contributed by atoms with Crippen molar-refractivity contribution >= 4 is 23.3 Å². The van der Waals surface area contributed by atoms with Crippen LogP contribution in [-0.4, -0.2) is 66.3 Å². The summed E-state index contributed by atoms with van der Waals surface area (Å²) in [6.07, 6.45) is 4.20. The maximum Gasteiger partial charge on any atom is 0.320 e. The molecule has 1 N–H and O–H groups in total. The van der Waals surface area contributed by atoms with Crippen molar-refractivity contribution in [3.8, 4) is 5.75 Å². The molecule has 3 aliphatic heterocycles. The predicted molar refractivity (Wildman–Crippen MR) is 105 cm³/mol. The van der Waals surface area contributed by atoms with Gasteiger partial charge in [0.05, 0.1) is 13.7 Å². The molecule has 3 heterocycles. The summed E-state index contributed by atoms with van der Waals surface area (Å²) in [5.74, 6) is 0.452. The van der Waals surface area contributed by atoms with Crippen molar-refractivity contribution < 1.29 is 19.2 Å². The highest BCUT2D eigenvalue weighted by atomic mass is 16.7. The van der Waals surface area contributed by atoms with Crippen LogP contribution in [0.15, 0.2) is 29.4 Å². The van der Waals surface area contributed by atoms with Gasteiger partial charge in [-0.1, -0.05) is 5.16 Å². The fourth-order valence-corrected chi connectivity index (χ4v) is 4.11. The highest BCUT2D eigenvalue weighted by Gasteiger charge is 2.46. The summed E-state index contributed by atoms with van der Waals surface area (Å²) < 4.78 is 5.12. The van der Waals surface area contributed by atoms with E-state index in [1.807, 2.05) is 9.80 Å². The number of likely N-dealkylation sites (tertiary alicyclic amines) is 2. The average Bonchev–Trinajstić information content (AvgIpc) is 3.39. The van der Waals surface area contributed by atoms with Crippen molar-refractivity contribution in [1.29, 1.82) is 0 Å². The zero-order valence-corrected chi connectivity index (χ0v) is 16.1. The molecule has 2 saturated heterocycles. The van der Waals surface area contributed by atoms with Crippen molar-refractivity contribution in [3.05, 3.63) is 24.3 Å². The van der Waals surface area contributed by atoms with Crippen molar-refractivity contribution in [1.82, 2.24) is 9.80 Å². The van der Waals surface area contributed by atoms with Gasteiger partial charge in [0, 0.05) is 31.7 Å². The number of carbonyl (C=O) groups excluding carboxylic acids is 2. The van der Waals surface area contributed by atoms with Crippen molar-refractivity contribution in [2.75, 3.05) is 38.6 Å². The van der Waals surface area contributed by atoms with Crippen molar-refractivity contribution in [3.63, 3.8) is 0 Å². The Bertz CT molecular complexity index is 773. The van der Waals surface area contributed by atoms with E-state index in [4.69, 9.17) is 9.57 Å². The lowest BCUT2D eigenvalue weighted by molar-refractivity contribution is -0.110. The Balaban J connectivity index is 1.36. The van der Waals surface area contributed by atoms with Gasteiger partial charge in [-0.15, -0.1) is 0 Å². The number of hydrogen-bond acceptors (Lipinski definition) is 5. The number of benzene rings is 1. The number of piperidine rings is 1. The van der Waals surface area contributed by atoms with Crippen LogP contribution in [0, 0.1) is 0 Å². The second-order valence-electron chi connectivity index (χ2n) is 7.67. The third-order valence-electron chi connectivity index (χ3n) is 5.64. The number of methoxy groups -OCH3 is 1. The number of nitrogens with zero attached hydrogens (tertiary/aromatic N) is 3. The van der Waals surface area contributed by atoms with Crippen LogP contribution >= 0.6 is 0 Å². The van der Waals surface area contributed by atoms with Gasteiger partial charge in [-0.25, -0.2) is 4.79 Å². The maximum atomic E-state index is 12.7. The number of carbonyl (C=O) groups is 2. The number of nitrogens with one attached hydrogen (secondary N) is 1. The summed E-state index contributed by atoms with van der Waals surface area (Å²) in [4.78, 5) is 34.8. The summed E-state index contributed by atoms with van der Waals surface area (Å²) in [7, 11) is 1.60. The molecule has 8 heteroatoms. The summed E-state index contributed by atoms with van der Waals surface area (Å²) in [5, 5.41) is 6.90. The summed E-state index contributed by atoms with van der Waals surface area (Å²) in [6, 6.07) is 7.20. The minimum atomic E-state index is -0.583. The molecule has 28 heavy (non-hydrogen) atoms. The molecule has 2 fully saturated rings. The topological polar surface area (TPSA) is 83.5 Å². The van der Waals surface area contributed by atoms with Gasteiger partial charge in [-0.2, -0.15) is 0 Å². The number of oxime groups is 1. The Morgan fingerprint density at radius 1 is 1.11 bits per heavy atom. The minimum Gasteiger partial charge on any atom is -0.497 e. The van der Waals surface area contributed by atoms with Gasteiger partial charge in [0.2, 0.25) is 0 Å². The Kier molecular flexibility index (Phi) is 5.11. The molecule has 3 amide bonds.